The molecule has 68 valence electrons. The number of nitrogens with two attached hydrogens (primary N) is 1. The SMILES string of the molecule is CCCN(CCC)C(N)=O.F. The number of hydrogen-bond acceptors (Lipinski definition) is 1. The molecule has 0 fully saturated rings. The fourth-order valence-electron chi connectivity index (χ4n) is 0.872. The Morgan fingerprint density at radius 2 is 1.64 bits per heavy atom. The van der Waals surface area contributed by atoms with Crippen LogP contribution in [-0.2, 0) is 0 Å². The summed E-state index contributed by atoms with van der Waals surface area (Å²) in [5, 5.41) is 0. The largest absolute Gasteiger partial charge is 0.351 e. The van der Waals surface area contributed by atoms with Crippen LogP contribution in [-0.4, -0.2) is 24.0 Å². The predicted octanol–water partition coefficient (Wildman–Crippen LogP) is 1.34. The number of amides is 2. The van der Waals surface area contributed by atoms with Crippen LogP contribution in [0, 0.1) is 0 Å². The molecule has 3 nitrogen and oxygen atoms in total. The number of nitrogens with zero attached hydrogens (tertiary/aromatic N) is 1. The quantitative estimate of drug-likeness (QED) is 0.669. The maximum Gasteiger partial charge on any atom is 0.314 e. The van der Waals surface area contributed by atoms with Crippen LogP contribution in [0.2, 0.25) is 0 Å². The van der Waals surface area contributed by atoms with E-state index in [4.69, 9.17) is 5.73 Å². The second-order valence-electron chi connectivity index (χ2n) is 2.33. The topological polar surface area (TPSA) is 46.3 Å². The summed E-state index contributed by atoms with van der Waals surface area (Å²) in [5.74, 6) is 0. The van der Waals surface area contributed by atoms with Crippen molar-refractivity contribution in [2.24, 2.45) is 5.73 Å². The minimum atomic E-state index is -0.302. The Morgan fingerprint density at radius 3 is 1.82 bits per heavy atom. The molecule has 0 saturated heterocycles. The number of hydrogen-bond donors (Lipinski definition) is 1. The molecule has 11 heavy (non-hydrogen) atoms. The average molecular weight is 164 g/mol. The van der Waals surface area contributed by atoms with Crippen molar-refractivity contribution < 1.29 is 9.50 Å². The maximum absolute atomic E-state index is 10.6. The number of rotatable bonds is 4. The molecule has 0 unspecified atom stereocenters. The standard InChI is InChI=1S/C7H16N2O.FH/c1-3-5-9(6-4-2)7(8)10;/h3-6H2,1-2H3,(H2,8,10);1H. The third kappa shape index (κ3) is 5.63. The van der Waals surface area contributed by atoms with Crippen LogP contribution in [0.4, 0.5) is 9.50 Å². The predicted molar refractivity (Wildman–Crippen MR) is 44.2 cm³/mol. The second kappa shape index (κ2) is 7.31. The molecule has 2 N–H and O–H groups in total. The van der Waals surface area contributed by atoms with E-state index in [1.807, 2.05) is 13.8 Å². The Morgan fingerprint density at radius 1 is 1.27 bits per heavy atom. The highest BCUT2D eigenvalue weighted by molar-refractivity contribution is 5.71. The molecule has 0 saturated carbocycles. The zero-order chi connectivity index (χ0) is 7.98. The molecule has 0 radical (unpaired) electrons. The summed E-state index contributed by atoms with van der Waals surface area (Å²) in [4.78, 5) is 12.3. The van der Waals surface area contributed by atoms with Gasteiger partial charge in [-0.15, -0.1) is 0 Å². The Bertz CT molecular complexity index is 103. The molecule has 0 atom stereocenters. The lowest BCUT2D eigenvalue weighted by atomic mass is 10.4. The van der Waals surface area contributed by atoms with E-state index in [9.17, 15) is 4.79 Å². The molecular formula is C7H17FN2O. The van der Waals surface area contributed by atoms with Gasteiger partial charge in [0.1, 0.15) is 0 Å². The van der Waals surface area contributed by atoms with Gasteiger partial charge in [-0.25, -0.2) is 4.79 Å². The average Bonchev–Trinajstić information content (AvgIpc) is 1.87. The van der Waals surface area contributed by atoms with Gasteiger partial charge in [0.2, 0.25) is 0 Å². The Kier molecular flexibility index (Phi) is 8.53. The van der Waals surface area contributed by atoms with E-state index < -0.39 is 0 Å². The van der Waals surface area contributed by atoms with Crippen molar-refractivity contribution in [1.29, 1.82) is 0 Å². The van der Waals surface area contributed by atoms with Crippen molar-refractivity contribution in [3.05, 3.63) is 0 Å². The van der Waals surface area contributed by atoms with E-state index >= 15 is 0 Å². The summed E-state index contributed by atoms with van der Waals surface area (Å²) in [6.45, 7) is 5.63. The van der Waals surface area contributed by atoms with Crippen LogP contribution in [0.15, 0.2) is 0 Å². The molecule has 0 aliphatic carbocycles. The van der Waals surface area contributed by atoms with Crippen molar-refractivity contribution in [2.75, 3.05) is 13.1 Å². The van der Waals surface area contributed by atoms with Crippen LogP contribution in [0.5, 0.6) is 0 Å². The first kappa shape index (κ1) is 12.8. The van der Waals surface area contributed by atoms with Gasteiger partial charge in [-0.05, 0) is 12.8 Å². The molecule has 0 heterocycles. The zero-order valence-electron chi connectivity index (χ0n) is 7.17. The van der Waals surface area contributed by atoms with Crippen LogP contribution in [0.3, 0.4) is 0 Å². The number of urea groups is 1. The summed E-state index contributed by atoms with van der Waals surface area (Å²) < 4.78 is 0. The van der Waals surface area contributed by atoms with E-state index in [2.05, 4.69) is 0 Å². The number of carbonyl (C=O) groups is 1. The third-order valence-electron chi connectivity index (χ3n) is 1.30. The van der Waals surface area contributed by atoms with Gasteiger partial charge in [-0.2, -0.15) is 0 Å². The van der Waals surface area contributed by atoms with E-state index in [1.54, 1.807) is 4.90 Å². The van der Waals surface area contributed by atoms with Gasteiger partial charge in [0, 0.05) is 13.1 Å². The highest BCUT2D eigenvalue weighted by Crippen LogP contribution is 1.92. The summed E-state index contributed by atoms with van der Waals surface area (Å²) in [6, 6.07) is -0.302. The van der Waals surface area contributed by atoms with Gasteiger partial charge in [0.05, 0.1) is 0 Å². The van der Waals surface area contributed by atoms with Crippen LogP contribution in [0.25, 0.3) is 0 Å². The van der Waals surface area contributed by atoms with Gasteiger partial charge >= 0.3 is 6.03 Å². The Balaban J connectivity index is 0. The van der Waals surface area contributed by atoms with Crippen molar-refractivity contribution in [2.45, 2.75) is 26.7 Å². The minimum Gasteiger partial charge on any atom is -0.351 e. The minimum absolute atomic E-state index is 0. The first-order chi connectivity index (χ1) is 4.72. The summed E-state index contributed by atoms with van der Waals surface area (Å²) in [7, 11) is 0. The Labute approximate surface area is 66.9 Å². The fraction of sp³-hybridized carbons (Fsp3) is 0.857. The van der Waals surface area contributed by atoms with Crippen molar-refractivity contribution in [3.8, 4) is 0 Å². The smallest absolute Gasteiger partial charge is 0.314 e. The summed E-state index contributed by atoms with van der Waals surface area (Å²) in [5.41, 5.74) is 5.10. The number of carbonyl (C=O) groups excluding carboxylic acids is 1. The highest BCUT2D eigenvalue weighted by Gasteiger charge is 2.04. The first-order valence-electron chi connectivity index (χ1n) is 3.76. The van der Waals surface area contributed by atoms with Crippen LogP contribution >= 0.6 is 0 Å². The molecule has 0 aliphatic heterocycles. The van der Waals surface area contributed by atoms with Crippen LogP contribution < -0.4 is 5.73 Å². The van der Waals surface area contributed by atoms with Gasteiger partial charge in [-0.1, -0.05) is 13.8 Å². The monoisotopic (exact) mass is 164 g/mol. The highest BCUT2D eigenvalue weighted by atomic mass is 19.0. The number of primary amides is 1. The number of halogens is 1. The molecule has 0 spiro atoms. The molecule has 0 aliphatic rings. The molecular weight excluding hydrogens is 147 g/mol. The van der Waals surface area contributed by atoms with Crippen molar-refractivity contribution in [3.63, 3.8) is 0 Å². The molecule has 0 rings (SSSR count). The Hall–Kier alpha value is -0.800. The molecule has 0 bridgehead atoms. The normalized spacial score (nSPS) is 8.55. The van der Waals surface area contributed by atoms with Crippen molar-refractivity contribution in [1.82, 2.24) is 4.90 Å². The summed E-state index contributed by atoms with van der Waals surface area (Å²) >= 11 is 0. The molecule has 0 aromatic carbocycles. The van der Waals surface area contributed by atoms with Gasteiger partial charge in [0.25, 0.3) is 0 Å². The second-order valence-corrected chi connectivity index (χ2v) is 2.33. The third-order valence-corrected chi connectivity index (χ3v) is 1.30. The van der Waals surface area contributed by atoms with Gasteiger partial charge < -0.3 is 10.6 Å². The molecule has 4 heteroatoms. The van der Waals surface area contributed by atoms with Crippen molar-refractivity contribution >= 4 is 6.03 Å². The molecule has 0 aromatic rings. The lowest BCUT2D eigenvalue weighted by Crippen LogP contribution is -2.36. The fourth-order valence-corrected chi connectivity index (χ4v) is 0.872. The zero-order valence-corrected chi connectivity index (χ0v) is 7.17. The van der Waals surface area contributed by atoms with Gasteiger partial charge in [0.15, 0.2) is 0 Å². The van der Waals surface area contributed by atoms with Gasteiger partial charge in [-0.3, -0.25) is 4.70 Å². The summed E-state index contributed by atoms with van der Waals surface area (Å²) in [6.07, 6.45) is 1.95. The maximum atomic E-state index is 10.6. The van der Waals surface area contributed by atoms with E-state index in [0.717, 1.165) is 25.9 Å². The molecule has 2 amide bonds. The first-order valence-corrected chi connectivity index (χ1v) is 3.76. The van der Waals surface area contributed by atoms with E-state index in [-0.39, 0.29) is 10.7 Å². The lowest BCUT2D eigenvalue weighted by Gasteiger charge is -2.17. The van der Waals surface area contributed by atoms with E-state index in [1.165, 1.54) is 0 Å². The lowest BCUT2D eigenvalue weighted by molar-refractivity contribution is 0.207. The van der Waals surface area contributed by atoms with Crippen LogP contribution in [0.1, 0.15) is 26.7 Å². The van der Waals surface area contributed by atoms with E-state index in [0.29, 0.717) is 0 Å². The molecule has 0 aromatic heterocycles.